The molecule has 5 nitrogen and oxygen atoms in total. The molecule has 0 saturated carbocycles. The van der Waals surface area contributed by atoms with Crippen molar-refractivity contribution in [2.24, 2.45) is 0 Å². The second-order valence-electron chi connectivity index (χ2n) is 6.05. The number of halogens is 5. The summed E-state index contributed by atoms with van der Waals surface area (Å²) in [4.78, 5) is 16.0. The van der Waals surface area contributed by atoms with Crippen LogP contribution in [0, 0.1) is 6.92 Å². The van der Waals surface area contributed by atoms with E-state index in [4.69, 9.17) is 11.6 Å². The molecule has 3 aromatic rings. The molecular formula is C18H15ClF4N4O. The van der Waals surface area contributed by atoms with Crippen LogP contribution in [0.25, 0.3) is 11.0 Å². The Bertz CT molecular complexity index is 1020. The zero-order valence-electron chi connectivity index (χ0n) is 14.6. The van der Waals surface area contributed by atoms with Crippen LogP contribution in [-0.2, 0) is 17.9 Å². The number of rotatable bonds is 6. The SMILES string of the molecule is Cc1nn(CC(=O)NCc2ccccc2Cl)c2nc(C(F)F)cc(C(F)F)c12. The molecule has 0 fully saturated rings. The summed E-state index contributed by atoms with van der Waals surface area (Å²) in [5, 5.41) is 7.11. The number of fused-ring (bicyclic) bond motifs is 1. The molecule has 2 heterocycles. The second kappa shape index (κ2) is 8.14. The van der Waals surface area contributed by atoms with Gasteiger partial charge in [0, 0.05) is 17.1 Å². The third-order valence-corrected chi connectivity index (χ3v) is 4.48. The average molecular weight is 415 g/mol. The Kier molecular flexibility index (Phi) is 5.83. The predicted octanol–water partition coefficient (Wildman–Crippen LogP) is 4.58. The van der Waals surface area contributed by atoms with Crippen molar-refractivity contribution in [3.8, 4) is 0 Å². The number of carbonyl (C=O) groups is 1. The lowest BCUT2D eigenvalue weighted by Gasteiger charge is -2.09. The number of aryl methyl sites for hydroxylation is 1. The van der Waals surface area contributed by atoms with E-state index in [2.05, 4.69) is 15.4 Å². The molecule has 10 heteroatoms. The second-order valence-corrected chi connectivity index (χ2v) is 6.45. The van der Waals surface area contributed by atoms with Crippen LogP contribution in [0.4, 0.5) is 17.6 Å². The van der Waals surface area contributed by atoms with E-state index in [0.29, 0.717) is 16.7 Å². The fourth-order valence-corrected chi connectivity index (χ4v) is 3.03. The summed E-state index contributed by atoms with van der Waals surface area (Å²) in [7, 11) is 0. The van der Waals surface area contributed by atoms with Crippen molar-refractivity contribution in [3.05, 3.63) is 57.9 Å². The molecule has 0 atom stereocenters. The van der Waals surface area contributed by atoms with Crippen molar-refractivity contribution in [2.75, 3.05) is 0 Å². The van der Waals surface area contributed by atoms with Crippen LogP contribution >= 0.6 is 11.6 Å². The average Bonchev–Trinajstić information content (AvgIpc) is 2.95. The quantitative estimate of drug-likeness (QED) is 0.600. The topological polar surface area (TPSA) is 59.8 Å². The van der Waals surface area contributed by atoms with Crippen molar-refractivity contribution >= 4 is 28.5 Å². The highest BCUT2D eigenvalue weighted by molar-refractivity contribution is 6.31. The van der Waals surface area contributed by atoms with Crippen molar-refractivity contribution in [2.45, 2.75) is 32.9 Å². The number of amides is 1. The number of aromatic nitrogens is 3. The van der Waals surface area contributed by atoms with E-state index in [-0.39, 0.29) is 29.8 Å². The number of nitrogens with one attached hydrogen (secondary N) is 1. The molecule has 0 radical (unpaired) electrons. The van der Waals surface area contributed by atoms with E-state index >= 15 is 0 Å². The van der Waals surface area contributed by atoms with Gasteiger partial charge in [-0.15, -0.1) is 0 Å². The third-order valence-electron chi connectivity index (χ3n) is 4.11. The normalized spacial score (nSPS) is 11.6. The van der Waals surface area contributed by atoms with Crippen LogP contribution in [0.2, 0.25) is 5.02 Å². The molecule has 1 N–H and O–H groups in total. The van der Waals surface area contributed by atoms with Crippen LogP contribution in [0.1, 0.15) is 35.4 Å². The van der Waals surface area contributed by atoms with Crippen LogP contribution < -0.4 is 5.32 Å². The Morgan fingerprint density at radius 2 is 1.93 bits per heavy atom. The summed E-state index contributed by atoms with van der Waals surface area (Å²) >= 11 is 6.02. The Labute approximate surface area is 162 Å². The molecule has 3 rings (SSSR count). The maximum Gasteiger partial charge on any atom is 0.280 e. The summed E-state index contributed by atoms with van der Waals surface area (Å²) in [5.41, 5.74) is -0.686. The number of alkyl halides is 4. The van der Waals surface area contributed by atoms with Gasteiger partial charge >= 0.3 is 0 Å². The van der Waals surface area contributed by atoms with Crippen molar-refractivity contribution in [1.29, 1.82) is 0 Å². The first-order chi connectivity index (χ1) is 13.3. The molecule has 148 valence electrons. The lowest BCUT2D eigenvalue weighted by molar-refractivity contribution is -0.121. The van der Waals surface area contributed by atoms with Gasteiger partial charge in [-0.1, -0.05) is 29.8 Å². The van der Waals surface area contributed by atoms with Crippen molar-refractivity contribution < 1.29 is 22.4 Å². The molecule has 1 aromatic carbocycles. The van der Waals surface area contributed by atoms with Gasteiger partial charge in [0.25, 0.3) is 12.9 Å². The third kappa shape index (κ3) is 4.09. The van der Waals surface area contributed by atoms with E-state index in [1.54, 1.807) is 24.3 Å². The fourth-order valence-electron chi connectivity index (χ4n) is 2.83. The Hall–Kier alpha value is -2.68. The number of carbonyl (C=O) groups excluding carboxylic acids is 1. The van der Waals surface area contributed by atoms with Gasteiger partial charge in [-0.25, -0.2) is 27.2 Å². The van der Waals surface area contributed by atoms with Gasteiger partial charge in [-0.05, 0) is 24.6 Å². The molecule has 1 amide bonds. The lowest BCUT2D eigenvalue weighted by Crippen LogP contribution is -2.27. The number of pyridine rings is 1. The maximum atomic E-state index is 13.3. The lowest BCUT2D eigenvalue weighted by atomic mass is 10.1. The Balaban J connectivity index is 1.88. The largest absolute Gasteiger partial charge is 0.350 e. The molecule has 0 aliphatic carbocycles. The first-order valence-electron chi connectivity index (χ1n) is 8.22. The van der Waals surface area contributed by atoms with E-state index in [1.165, 1.54) is 6.92 Å². The minimum absolute atomic E-state index is 0.0293. The molecule has 0 aliphatic heterocycles. The summed E-state index contributed by atoms with van der Waals surface area (Å²) in [6.07, 6.45) is -6.01. The van der Waals surface area contributed by atoms with E-state index in [9.17, 15) is 22.4 Å². The van der Waals surface area contributed by atoms with E-state index in [0.717, 1.165) is 4.68 Å². The highest BCUT2D eigenvalue weighted by Gasteiger charge is 2.23. The number of hydrogen-bond acceptors (Lipinski definition) is 3. The molecule has 0 aliphatic rings. The first kappa shape index (κ1) is 20.1. The molecular weight excluding hydrogens is 400 g/mol. The van der Waals surface area contributed by atoms with Crippen LogP contribution in [0.3, 0.4) is 0 Å². The van der Waals surface area contributed by atoms with Gasteiger partial charge < -0.3 is 5.32 Å². The van der Waals surface area contributed by atoms with Gasteiger partial charge in [-0.3, -0.25) is 4.79 Å². The first-order valence-corrected chi connectivity index (χ1v) is 8.60. The molecule has 28 heavy (non-hydrogen) atoms. The van der Waals surface area contributed by atoms with Gasteiger partial charge in [0.15, 0.2) is 5.65 Å². The van der Waals surface area contributed by atoms with Gasteiger partial charge in [-0.2, -0.15) is 5.10 Å². The highest BCUT2D eigenvalue weighted by Crippen LogP contribution is 2.32. The van der Waals surface area contributed by atoms with Crippen LogP contribution in [0.15, 0.2) is 30.3 Å². The van der Waals surface area contributed by atoms with Crippen LogP contribution in [0.5, 0.6) is 0 Å². The maximum absolute atomic E-state index is 13.3. The van der Waals surface area contributed by atoms with Crippen molar-refractivity contribution in [1.82, 2.24) is 20.1 Å². The summed E-state index contributed by atoms with van der Waals surface area (Å²) in [6.45, 7) is 1.24. The van der Waals surface area contributed by atoms with Crippen molar-refractivity contribution in [3.63, 3.8) is 0 Å². The summed E-state index contributed by atoms with van der Waals surface area (Å²) in [5.74, 6) is -0.493. The van der Waals surface area contributed by atoms with Gasteiger partial charge in [0.2, 0.25) is 5.91 Å². The fraction of sp³-hybridized carbons (Fsp3) is 0.278. The zero-order chi connectivity index (χ0) is 20.4. The predicted molar refractivity (Wildman–Crippen MR) is 95.5 cm³/mol. The van der Waals surface area contributed by atoms with E-state index < -0.39 is 30.0 Å². The minimum Gasteiger partial charge on any atom is -0.350 e. The monoisotopic (exact) mass is 414 g/mol. The smallest absolute Gasteiger partial charge is 0.280 e. The molecule has 2 aromatic heterocycles. The van der Waals surface area contributed by atoms with Gasteiger partial charge in [0.05, 0.1) is 11.1 Å². The summed E-state index contributed by atoms with van der Waals surface area (Å²) in [6, 6.07) is 7.60. The number of hydrogen-bond donors (Lipinski definition) is 1. The number of benzene rings is 1. The standard InChI is InChI=1S/C18H15ClF4N4O/c1-9-15-11(16(20)21)6-13(17(22)23)25-18(15)27(26-9)8-14(28)24-7-10-4-2-3-5-12(10)19/h2-6,16-17H,7-8H2,1H3,(H,24,28). The molecule has 0 bridgehead atoms. The minimum atomic E-state index is -3.03. The number of nitrogens with zero attached hydrogens (tertiary/aromatic N) is 3. The molecule has 0 spiro atoms. The van der Waals surface area contributed by atoms with E-state index in [1.807, 2.05) is 0 Å². The Morgan fingerprint density at radius 1 is 1.21 bits per heavy atom. The zero-order valence-corrected chi connectivity index (χ0v) is 15.4. The Morgan fingerprint density at radius 3 is 2.57 bits per heavy atom. The van der Waals surface area contributed by atoms with Gasteiger partial charge in [0.1, 0.15) is 12.2 Å². The summed E-state index contributed by atoms with van der Waals surface area (Å²) < 4.78 is 53.8. The molecule has 0 saturated heterocycles. The highest BCUT2D eigenvalue weighted by atomic mass is 35.5. The van der Waals surface area contributed by atoms with Crippen LogP contribution in [-0.4, -0.2) is 20.7 Å². The molecule has 0 unspecified atom stereocenters.